The molecule has 4 nitrogen and oxygen atoms in total. The number of hydrogen-bond acceptors (Lipinski definition) is 4. The average molecular weight is 151 g/mol. The maximum atomic E-state index is 8.68. The van der Waals surface area contributed by atoms with Gasteiger partial charge in [-0.25, -0.2) is 0 Å². The lowest BCUT2D eigenvalue weighted by atomic mass is 9.93. The predicted molar refractivity (Wildman–Crippen MR) is 39.6 cm³/mol. The molecule has 1 aromatic heterocycles. The van der Waals surface area contributed by atoms with Crippen molar-refractivity contribution >= 4 is 5.82 Å². The molecule has 0 bridgehead atoms. The molecule has 1 rings (SSSR count). The smallest absolute Gasteiger partial charge is 0.167 e. The van der Waals surface area contributed by atoms with Crippen LogP contribution in [0.5, 0.6) is 0 Å². The molecule has 0 radical (unpaired) electrons. The molecule has 0 fully saturated rings. The van der Waals surface area contributed by atoms with E-state index in [1.807, 2.05) is 0 Å². The monoisotopic (exact) mass is 151 g/mol. The van der Waals surface area contributed by atoms with Crippen molar-refractivity contribution in [2.24, 2.45) is 0 Å². The van der Waals surface area contributed by atoms with Gasteiger partial charge in [0.05, 0.1) is 6.07 Å². The third-order valence-electron chi connectivity index (χ3n) is 1.42. The second kappa shape index (κ2) is 2.27. The Balaban J connectivity index is 3.04. The van der Waals surface area contributed by atoms with Crippen molar-refractivity contribution in [1.82, 2.24) is 5.16 Å². The molecule has 0 amide bonds. The fourth-order valence-corrected chi connectivity index (χ4v) is 0.639. The molecule has 58 valence electrons. The Hall–Kier alpha value is -1.50. The largest absolute Gasteiger partial charge is 0.381 e. The van der Waals surface area contributed by atoms with Crippen molar-refractivity contribution in [2.45, 2.75) is 19.3 Å². The van der Waals surface area contributed by atoms with Gasteiger partial charge < -0.3 is 10.3 Å². The molecule has 0 spiro atoms. The van der Waals surface area contributed by atoms with Gasteiger partial charge in [0.15, 0.2) is 11.6 Å². The Morgan fingerprint density at radius 3 is 2.73 bits per heavy atom. The van der Waals surface area contributed by atoms with Crippen LogP contribution in [0.3, 0.4) is 0 Å². The standard InChI is InChI=1S/C7H9N3O/c1-7(2,4-8)5-3-6(9)10-11-5/h3H,1-2H3,(H2,9,10). The summed E-state index contributed by atoms with van der Waals surface area (Å²) < 4.78 is 4.82. The molecule has 0 saturated heterocycles. The molecule has 4 heteroatoms. The zero-order valence-electron chi connectivity index (χ0n) is 6.46. The summed E-state index contributed by atoms with van der Waals surface area (Å²) in [6.45, 7) is 3.49. The van der Waals surface area contributed by atoms with E-state index in [-0.39, 0.29) is 0 Å². The quantitative estimate of drug-likeness (QED) is 0.651. The normalized spacial score (nSPS) is 11.0. The molecule has 11 heavy (non-hydrogen) atoms. The highest BCUT2D eigenvalue weighted by molar-refractivity contribution is 5.32. The highest BCUT2D eigenvalue weighted by Gasteiger charge is 2.24. The van der Waals surface area contributed by atoms with Crippen LogP contribution < -0.4 is 5.73 Å². The number of hydrogen-bond donors (Lipinski definition) is 1. The lowest BCUT2D eigenvalue weighted by Gasteiger charge is -2.08. The first-order chi connectivity index (χ1) is 5.06. The number of aromatic nitrogens is 1. The molecule has 0 atom stereocenters. The average Bonchev–Trinajstić information content (AvgIpc) is 2.36. The Kier molecular flexibility index (Phi) is 1.57. The zero-order valence-corrected chi connectivity index (χ0v) is 6.46. The van der Waals surface area contributed by atoms with Gasteiger partial charge in [-0.3, -0.25) is 0 Å². The fourth-order valence-electron chi connectivity index (χ4n) is 0.639. The summed E-state index contributed by atoms with van der Waals surface area (Å²) in [5, 5.41) is 12.2. The van der Waals surface area contributed by atoms with Crippen LogP contribution in [0.15, 0.2) is 10.6 Å². The summed E-state index contributed by atoms with van der Waals surface area (Å²) in [6, 6.07) is 3.64. The van der Waals surface area contributed by atoms with Gasteiger partial charge in [0, 0.05) is 6.07 Å². The third kappa shape index (κ3) is 1.32. The summed E-state index contributed by atoms with van der Waals surface area (Å²) in [6.07, 6.45) is 0. The fraction of sp³-hybridized carbons (Fsp3) is 0.429. The second-order valence-electron chi connectivity index (χ2n) is 2.85. The number of nitrogen functional groups attached to an aromatic ring is 1. The van der Waals surface area contributed by atoms with Gasteiger partial charge in [0.25, 0.3) is 0 Å². The van der Waals surface area contributed by atoms with Gasteiger partial charge in [-0.2, -0.15) is 5.26 Å². The number of rotatable bonds is 1. The van der Waals surface area contributed by atoms with Crippen LogP contribution in [0.4, 0.5) is 5.82 Å². The number of anilines is 1. The lowest BCUT2D eigenvalue weighted by Crippen LogP contribution is -2.12. The van der Waals surface area contributed by atoms with E-state index in [0.29, 0.717) is 11.6 Å². The molecule has 2 N–H and O–H groups in total. The molecule has 1 aromatic rings. The van der Waals surface area contributed by atoms with Crippen LogP contribution in [0, 0.1) is 11.3 Å². The minimum atomic E-state index is -0.648. The summed E-state index contributed by atoms with van der Waals surface area (Å²) >= 11 is 0. The summed E-state index contributed by atoms with van der Waals surface area (Å²) in [5.74, 6) is 0.806. The van der Waals surface area contributed by atoms with E-state index in [9.17, 15) is 0 Å². The van der Waals surface area contributed by atoms with Gasteiger partial charge in [0.2, 0.25) is 0 Å². The number of nitriles is 1. The lowest BCUT2D eigenvalue weighted by molar-refractivity contribution is 0.350. The topological polar surface area (TPSA) is 75.8 Å². The van der Waals surface area contributed by atoms with E-state index in [1.165, 1.54) is 0 Å². The van der Waals surface area contributed by atoms with E-state index in [2.05, 4.69) is 11.2 Å². The van der Waals surface area contributed by atoms with E-state index < -0.39 is 5.41 Å². The van der Waals surface area contributed by atoms with Gasteiger partial charge >= 0.3 is 0 Å². The Labute approximate surface area is 64.6 Å². The second-order valence-corrected chi connectivity index (χ2v) is 2.85. The van der Waals surface area contributed by atoms with E-state index in [0.717, 1.165) is 0 Å². The van der Waals surface area contributed by atoms with Crippen LogP contribution in [-0.2, 0) is 5.41 Å². The highest BCUT2D eigenvalue weighted by Crippen LogP contribution is 2.22. The highest BCUT2D eigenvalue weighted by atomic mass is 16.5. The maximum Gasteiger partial charge on any atom is 0.167 e. The van der Waals surface area contributed by atoms with Crippen molar-refractivity contribution in [3.8, 4) is 6.07 Å². The van der Waals surface area contributed by atoms with E-state index >= 15 is 0 Å². The third-order valence-corrected chi connectivity index (χ3v) is 1.42. The van der Waals surface area contributed by atoms with Crippen LogP contribution in [0.2, 0.25) is 0 Å². The number of nitrogens with zero attached hydrogens (tertiary/aromatic N) is 2. The molecule has 0 aliphatic heterocycles. The van der Waals surface area contributed by atoms with Crippen molar-refractivity contribution in [1.29, 1.82) is 5.26 Å². The Morgan fingerprint density at radius 1 is 1.73 bits per heavy atom. The van der Waals surface area contributed by atoms with Crippen LogP contribution in [0.25, 0.3) is 0 Å². The first kappa shape index (κ1) is 7.61. The van der Waals surface area contributed by atoms with Crippen molar-refractivity contribution in [2.75, 3.05) is 5.73 Å². The van der Waals surface area contributed by atoms with Crippen molar-refractivity contribution in [3.05, 3.63) is 11.8 Å². The molecule has 0 aromatic carbocycles. The van der Waals surface area contributed by atoms with Gasteiger partial charge in [-0.15, -0.1) is 0 Å². The molecule has 1 heterocycles. The van der Waals surface area contributed by atoms with Crippen LogP contribution >= 0.6 is 0 Å². The minimum absolute atomic E-state index is 0.309. The zero-order chi connectivity index (χ0) is 8.48. The van der Waals surface area contributed by atoms with Crippen molar-refractivity contribution in [3.63, 3.8) is 0 Å². The first-order valence-corrected chi connectivity index (χ1v) is 3.20. The summed E-state index contributed by atoms with van der Waals surface area (Å²) in [5.41, 5.74) is 4.67. The van der Waals surface area contributed by atoms with Gasteiger partial charge in [0.1, 0.15) is 5.41 Å². The molecule has 0 aliphatic carbocycles. The van der Waals surface area contributed by atoms with Gasteiger partial charge in [-0.05, 0) is 13.8 Å². The molecule has 0 unspecified atom stereocenters. The van der Waals surface area contributed by atoms with Gasteiger partial charge in [-0.1, -0.05) is 5.16 Å². The maximum absolute atomic E-state index is 8.68. The minimum Gasteiger partial charge on any atom is -0.381 e. The van der Waals surface area contributed by atoms with Crippen LogP contribution in [-0.4, -0.2) is 5.16 Å². The molecular weight excluding hydrogens is 142 g/mol. The Bertz CT molecular complexity index is 295. The molecule has 0 saturated carbocycles. The Morgan fingerprint density at radius 2 is 2.36 bits per heavy atom. The summed E-state index contributed by atoms with van der Waals surface area (Å²) in [7, 11) is 0. The molecule has 0 aliphatic rings. The first-order valence-electron chi connectivity index (χ1n) is 3.20. The molecular formula is C7H9N3O. The number of nitrogens with two attached hydrogens (primary N) is 1. The van der Waals surface area contributed by atoms with Crippen molar-refractivity contribution < 1.29 is 4.52 Å². The summed E-state index contributed by atoms with van der Waals surface area (Å²) in [4.78, 5) is 0. The van der Waals surface area contributed by atoms with E-state index in [1.54, 1.807) is 19.9 Å². The SMILES string of the molecule is CC(C)(C#N)c1cc(N)no1. The van der Waals surface area contributed by atoms with E-state index in [4.69, 9.17) is 15.5 Å². The van der Waals surface area contributed by atoms with Crippen LogP contribution in [0.1, 0.15) is 19.6 Å². The predicted octanol–water partition coefficient (Wildman–Crippen LogP) is 1.06.